The van der Waals surface area contributed by atoms with Gasteiger partial charge in [0.2, 0.25) is 0 Å². The van der Waals surface area contributed by atoms with Gasteiger partial charge in [0.25, 0.3) is 0 Å². The number of carboxylic acids is 1. The lowest BCUT2D eigenvalue weighted by atomic mass is 10.1. The molecule has 0 aromatic heterocycles. The van der Waals surface area contributed by atoms with E-state index in [-0.39, 0.29) is 12.2 Å². The Hall–Kier alpha value is -2.50. The molecule has 0 aliphatic heterocycles. The molecular formula is C15H12F3NO2. The Morgan fingerprint density at radius 3 is 2.24 bits per heavy atom. The number of halogens is 3. The van der Waals surface area contributed by atoms with E-state index in [0.29, 0.717) is 0 Å². The molecule has 2 aromatic carbocycles. The highest BCUT2D eigenvalue weighted by Crippen LogP contribution is 2.31. The van der Waals surface area contributed by atoms with E-state index in [2.05, 4.69) is 0 Å². The van der Waals surface area contributed by atoms with Crippen molar-refractivity contribution in [2.75, 3.05) is 11.4 Å². The number of hydrogen-bond donors (Lipinski definition) is 1. The summed E-state index contributed by atoms with van der Waals surface area (Å²) in [6.45, 7) is 1.83. The second kappa shape index (κ2) is 5.87. The normalized spacial score (nSPS) is 10.5. The van der Waals surface area contributed by atoms with Crippen LogP contribution in [0.2, 0.25) is 0 Å². The zero-order chi connectivity index (χ0) is 15.6. The van der Waals surface area contributed by atoms with Crippen LogP contribution in [0, 0.1) is 17.5 Å². The van der Waals surface area contributed by atoms with Crippen molar-refractivity contribution < 1.29 is 23.1 Å². The van der Waals surface area contributed by atoms with Gasteiger partial charge < -0.3 is 10.0 Å². The molecule has 0 fully saturated rings. The molecular weight excluding hydrogens is 283 g/mol. The highest BCUT2D eigenvalue weighted by Gasteiger charge is 2.20. The lowest BCUT2D eigenvalue weighted by Crippen LogP contribution is -2.19. The maximum Gasteiger partial charge on any atom is 0.335 e. The minimum atomic E-state index is -1.42. The Morgan fingerprint density at radius 2 is 1.76 bits per heavy atom. The average Bonchev–Trinajstić information content (AvgIpc) is 2.42. The Balaban J connectivity index is 2.55. The molecule has 6 heteroatoms. The van der Waals surface area contributed by atoms with Crippen molar-refractivity contribution in [2.24, 2.45) is 0 Å². The number of benzene rings is 2. The van der Waals surface area contributed by atoms with E-state index in [0.717, 1.165) is 18.2 Å². The number of rotatable bonds is 4. The molecule has 0 aliphatic carbocycles. The molecule has 0 aliphatic rings. The third-order valence-electron chi connectivity index (χ3n) is 2.97. The third kappa shape index (κ3) is 2.99. The van der Waals surface area contributed by atoms with Gasteiger partial charge in [0, 0.05) is 12.2 Å². The first-order valence-electron chi connectivity index (χ1n) is 6.19. The topological polar surface area (TPSA) is 40.5 Å². The van der Waals surface area contributed by atoms with E-state index >= 15 is 0 Å². The highest BCUT2D eigenvalue weighted by molar-refractivity contribution is 5.88. The van der Waals surface area contributed by atoms with Crippen LogP contribution < -0.4 is 4.90 Å². The molecule has 0 atom stereocenters. The maximum absolute atomic E-state index is 14.1. The van der Waals surface area contributed by atoms with Crippen LogP contribution in [0.5, 0.6) is 0 Å². The summed E-state index contributed by atoms with van der Waals surface area (Å²) in [6, 6.07) is 6.78. The summed E-state index contributed by atoms with van der Waals surface area (Å²) in [5.74, 6) is -3.99. The van der Waals surface area contributed by atoms with E-state index in [1.165, 1.54) is 23.1 Å². The highest BCUT2D eigenvalue weighted by atomic mass is 19.1. The fourth-order valence-corrected chi connectivity index (χ4v) is 2.06. The minimum Gasteiger partial charge on any atom is -0.478 e. The molecule has 0 unspecified atom stereocenters. The summed E-state index contributed by atoms with van der Waals surface area (Å²) in [6.07, 6.45) is 0. The Morgan fingerprint density at radius 1 is 1.14 bits per heavy atom. The number of aromatic carboxylic acids is 1. The van der Waals surface area contributed by atoms with Crippen LogP contribution in [0.3, 0.4) is 0 Å². The molecule has 21 heavy (non-hydrogen) atoms. The summed E-state index contributed by atoms with van der Waals surface area (Å²) >= 11 is 0. The Kier molecular flexibility index (Phi) is 4.16. The van der Waals surface area contributed by atoms with E-state index in [4.69, 9.17) is 5.11 Å². The SMILES string of the molecule is CCN(c1cccc(F)c1)c1c(F)cc(C(=O)O)cc1F. The van der Waals surface area contributed by atoms with Crippen molar-refractivity contribution in [1.29, 1.82) is 0 Å². The third-order valence-corrected chi connectivity index (χ3v) is 2.97. The van der Waals surface area contributed by atoms with E-state index in [1.54, 1.807) is 6.92 Å². The fourth-order valence-electron chi connectivity index (χ4n) is 2.06. The van der Waals surface area contributed by atoms with Crippen molar-refractivity contribution in [3.63, 3.8) is 0 Å². The van der Waals surface area contributed by atoms with E-state index in [1.807, 2.05) is 0 Å². The van der Waals surface area contributed by atoms with Crippen molar-refractivity contribution in [1.82, 2.24) is 0 Å². The van der Waals surface area contributed by atoms with Gasteiger partial charge in [-0.2, -0.15) is 0 Å². The minimum absolute atomic E-state index is 0.184. The number of carbonyl (C=O) groups is 1. The first-order chi connectivity index (χ1) is 9.93. The zero-order valence-electron chi connectivity index (χ0n) is 11.1. The second-order valence-corrected chi connectivity index (χ2v) is 4.32. The molecule has 0 saturated carbocycles. The molecule has 110 valence electrons. The largest absolute Gasteiger partial charge is 0.478 e. The predicted octanol–water partition coefficient (Wildman–Crippen LogP) is 3.96. The summed E-state index contributed by atoms with van der Waals surface area (Å²) in [7, 11) is 0. The lowest BCUT2D eigenvalue weighted by molar-refractivity contribution is 0.0696. The van der Waals surface area contributed by atoms with Gasteiger partial charge in [-0.3, -0.25) is 0 Å². The van der Waals surface area contributed by atoms with Gasteiger partial charge in [-0.25, -0.2) is 18.0 Å². The van der Waals surface area contributed by atoms with Crippen molar-refractivity contribution in [2.45, 2.75) is 6.92 Å². The smallest absolute Gasteiger partial charge is 0.335 e. The second-order valence-electron chi connectivity index (χ2n) is 4.32. The standard InChI is InChI=1S/C15H12F3NO2/c1-2-19(11-5-3-4-10(16)8-11)14-12(17)6-9(15(20)21)7-13(14)18/h3-8H,2H2,1H3,(H,20,21). The molecule has 0 saturated heterocycles. The number of hydrogen-bond acceptors (Lipinski definition) is 2. The maximum atomic E-state index is 14.1. The average molecular weight is 295 g/mol. The first-order valence-corrected chi connectivity index (χ1v) is 6.19. The van der Waals surface area contributed by atoms with Gasteiger partial charge in [0.1, 0.15) is 11.5 Å². The molecule has 2 aromatic rings. The summed E-state index contributed by atoms with van der Waals surface area (Å²) in [4.78, 5) is 12.0. The van der Waals surface area contributed by atoms with Crippen LogP contribution in [0.25, 0.3) is 0 Å². The van der Waals surface area contributed by atoms with Crippen LogP contribution in [-0.2, 0) is 0 Å². The van der Waals surface area contributed by atoms with Gasteiger partial charge in [-0.15, -0.1) is 0 Å². The van der Waals surface area contributed by atoms with Gasteiger partial charge in [0.05, 0.1) is 5.56 Å². The van der Waals surface area contributed by atoms with Gasteiger partial charge in [0.15, 0.2) is 11.6 Å². The van der Waals surface area contributed by atoms with Gasteiger partial charge in [-0.1, -0.05) is 6.07 Å². The Labute approximate surface area is 119 Å². The molecule has 0 radical (unpaired) electrons. The summed E-state index contributed by atoms with van der Waals surface area (Å²) in [5.41, 5.74) is -0.615. The van der Waals surface area contributed by atoms with Gasteiger partial charge >= 0.3 is 5.97 Å². The van der Waals surface area contributed by atoms with Crippen molar-refractivity contribution >= 4 is 17.3 Å². The van der Waals surface area contributed by atoms with Crippen LogP contribution in [0.4, 0.5) is 24.5 Å². The predicted molar refractivity (Wildman–Crippen MR) is 72.4 cm³/mol. The molecule has 1 N–H and O–H groups in total. The quantitative estimate of drug-likeness (QED) is 0.928. The zero-order valence-corrected chi connectivity index (χ0v) is 11.1. The summed E-state index contributed by atoms with van der Waals surface area (Å²) in [5, 5.41) is 8.78. The first kappa shape index (κ1) is 14.9. The van der Waals surface area contributed by atoms with E-state index < -0.39 is 34.7 Å². The molecule has 0 bridgehead atoms. The Bertz CT molecular complexity index is 665. The van der Waals surface area contributed by atoms with Gasteiger partial charge in [-0.05, 0) is 37.3 Å². The van der Waals surface area contributed by atoms with Crippen LogP contribution in [-0.4, -0.2) is 17.6 Å². The molecule has 0 heterocycles. The van der Waals surface area contributed by atoms with Crippen LogP contribution in [0.15, 0.2) is 36.4 Å². The monoisotopic (exact) mass is 295 g/mol. The lowest BCUT2D eigenvalue weighted by Gasteiger charge is -2.24. The molecule has 0 amide bonds. The van der Waals surface area contributed by atoms with Crippen molar-refractivity contribution in [3.8, 4) is 0 Å². The summed E-state index contributed by atoms with van der Waals surface area (Å²) < 4.78 is 41.4. The molecule has 0 spiro atoms. The molecule has 3 nitrogen and oxygen atoms in total. The van der Waals surface area contributed by atoms with Crippen LogP contribution in [0.1, 0.15) is 17.3 Å². The number of anilines is 2. The fraction of sp³-hybridized carbons (Fsp3) is 0.133. The van der Waals surface area contributed by atoms with Crippen LogP contribution >= 0.6 is 0 Å². The molecule has 2 rings (SSSR count). The number of carboxylic acid groups (broad SMARTS) is 1. The van der Waals surface area contributed by atoms with Crippen molar-refractivity contribution in [3.05, 3.63) is 59.4 Å². The number of nitrogens with zero attached hydrogens (tertiary/aromatic N) is 1. The van der Waals surface area contributed by atoms with E-state index in [9.17, 15) is 18.0 Å².